The molecule has 2 aliphatic rings. The molecule has 0 bridgehead atoms. The third kappa shape index (κ3) is 2.05. The van der Waals surface area contributed by atoms with Crippen molar-refractivity contribution in [3.63, 3.8) is 0 Å². The van der Waals surface area contributed by atoms with E-state index in [9.17, 15) is 15.0 Å². The molecule has 3 rings (SSSR count). The maximum Gasteiger partial charge on any atom is 0.256 e. The van der Waals surface area contributed by atoms with Crippen molar-refractivity contribution in [3.8, 4) is 0 Å². The lowest BCUT2D eigenvalue weighted by Crippen LogP contribution is -2.44. The van der Waals surface area contributed by atoms with Gasteiger partial charge in [-0.15, -0.1) is 0 Å². The summed E-state index contributed by atoms with van der Waals surface area (Å²) in [6.07, 6.45) is 1.99. The molecule has 1 aliphatic carbocycles. The molecule has 4 heteroatoms. The molecule has 1 atom stereocenters. The van der Waals surface area contributed by atoms with Crippen molar-refractivity contribution in [2.24, 2.45) is 0 Å². The fraction of sp³-hybridized carbons (Fsp3) is 0.533. The van der Waals surface area contributed by atoms with E-state index in [0.29, 0.717) is 24.0 Å². The van der Waals surface area contributed by atoms with Gasteiger partial charge in [0.1, 0.15) is 0 Å². The maximum absolute atomic E-state index is 12.4. The highest BCUT2D eigenvalue weighted by Crippen LogP contribution is 2.39. The highest BCUT2D eigenvalue weighted by molar-refractivity contribution is 5.99. The van der Waals surface area contributed by atoms with E-state index in [1.165, 1.54) is 0 Å². The lowest BCUT2D eigenvalue weighted by Gasteiger charge is -2.38. The minimum absolute atomic E-state index is 0.0233. The van der Waals surface area contributed by atoms with Crippen molar-refractivity contribution in [2.75, 3.05) is 0 Å². The fourth-order valence-electron chi connectivity index (χ4n) is 3.19. The molecule has 1 heterocycles. The van der Waals surface area contributed by atoms with Crippen molar-refractivity contribution in [3.05, 3.63) is 35.4 Å². The Kier molecular flexibility index (Phi) is 2.87. The smallest absolute Gasteiger partial charge is 0.256 e. The van der Waals surface area contributed by atoms with E-state index in [-0.39, 0.29) is 11.9 Å². The van der Waals surface area contributed by atoms with Gasteiger partial charge >= 0.3 is 0 Å². The Hall–Kier alpha value is -1.39. The first-order valence-electron chi connectivity index (χ1n) is 6.82. The SMILES string of the molecule is C[C@]1(O)CC[C@@H](N2C(=O)c3ccccc3C2O)CC1. The Balaban J connectivity index is 1.83. The lowest BCUT2D eigenvalue weighted by atomic mass is 9.83. The summed E-state index contributed by atoms with van der Waals surface area (Å²) in [5, 5.41) is 20.3. The van der Waals surface area contributed by atoms with Crippen LogP contribution in [0.15, 0.2) is 24.3 Å². The van der Waals surface area contributed by atoms with Crippen LogP contribution in [-0.4, -0.2) is 32.7 Å². The van der Waals surface area contributed by atoms with Gasteiger partial charge in [0.05, 0.1) is 5.60 Å². The van der Waals surface area contributed by atoms with Crippen LogP contribution in [0.25, 0.3) is 0 Å². The topological polar surface area (TPSA) is 60.8 Å². The first kappa shape index (κ1) is 12.6. The van der Waals surface area contributed by atoms with Gasteiger partial charge in [-0.25, -0.2) is 0 Å². The second kappa shape index (κ2) is 4.32. The molecule has 102 valence electrons. The van der Waals surface area contributed by atoms with Crippen LogP contribution in [0.2, 0.25) is 0 Å². The minimum atomic E-state index is -0.836. The number of fused-ring (bicyclic) bond motifs is 1. The van der Waals surface area contributed by atoms with Crippen molar-refractivity contribution in [2.45, 2.75) is 50.5 Å². The molecule has 0 aromatic heterocycles. The van der Waals surface area contributed by atoms with E-state index in [4.69, 9.17) is 0 Å². The third-order valence-electron chi connectivity index (χ3n) is 4.39. The number of hydrogen-bond donors (Lipinski definition) is 2. The average Bonchev–Trinajstić information content (AvgIpc) is 2.64. The number of carbonyl (C=O) groups excluding carboxylic acids is 1. The molecule has 19 heavy (non-hydrogen) atoms. The van der Waals surface area contributed by atoms with Crippen molar-refractivity contribution >= 4 is 5.91 Å². The second-order valence-electron chi connectivity index (χ2n) is 5.90. The fourth-order valence-corrected chi connectivity index (χ4v) is 3.19. The number of carbonyl (C=O) groups is 1. The van der Waals surface area contributed by atoms with Crippen LogP contribution in [0.1, 0.15) is 54.8 Å². The summed E-state index contributed by atoms with van der Waals surface area (Å²) >= 11 is 0. The lowest BCUT2D eigenvalue weighted by molar-refractivity contribution is -0.0430. The Morgan fingerprint density at radius 1 is 1.26 bits per heavy atom. The quantitative estimate of drug-likeness (QED) is 0.810. The first-order chi connectivity index (χ1) is 8.99. The van der Waals surface area contributed by atoms with Gasteiger partial charge < -0.3 is 15.1 Å². The molecule has 0 spiro atoms. The van der Waals surface area contributed by atoms with Crippen LogP contribution < -0.4 is 0 Å². The molecule has 1 aromatic carbocycles. The third-order valence-corrected chi connectivity index (χ3v) is 4.39. The van der Waals surface area contributed by atoms with E-state index in [1.54, 1.807) is 17.0 Å². The van der Waals surface area contributed by atoms with Crippen LogP contribution >= 0.6 is 0 Å². The van der Waals surface area contributed by atoms with Crippen LogP contribution in [-0.2, 0) is 0 Å². The number of hydrogen-bond acceptors (Lipinski definition) is 3. The molecule has 2 N–H and O–H groups in total. The second-order valence-corrected chi connectivity index (χ2v) is 5.90. The van der Waals surface area contributed by atoms with Gasteiger partial charge in [-0.2, -0.15) is 0 Å². The van der Waals surface area contributed by atoms with E-state index >= 15 is 0 Å². The van der Waals surface area contributed by atoms with Gasteiger partial charge in [0.2, 0.25) is 0 Å². The molecule has 1 aliphatic heterocycles. The number of nitrogens with zero attached hydrogens (tertiary/aromatic N) is 1. The van der Waals surface area contributed by atoms with E-state index in [0.717, 1.165) is 12.8 Å². The molecule has 1 amide bonds. The number of amides is 1. The summed E-state index contributed by atoms with van der Waals surface area (Å²) in [6, 6.07) is 7.25. The number of aliphatic hydroxyl groups excluding tert-OH is 1. The van der Waals surface area contributed by atoms with Crippen molar-refractivity contribution < 1.29 is 15.0 Å². The van der Waals surface area contributed by atoms with Crippen LogP contribution in [0, 0.1) is 0 Å². The van der Waals surface area contributed by atoms with E-state index < -0.39 is 11.8 Å². The van der Waals surface area contributed by atoms with Gasteiger partial charge in [0.25, 0.3) is 5.91 Å². The molecule has 1 fully saturated rings. The maximum atomic E-state index is 12.4. The zero-order chi connectivity index (χ0) is 13.6. The standard InChI is InChI=1S/C15H19NO3/c1-15(19)8-6-10(7-9-15)16-13(17)11-4-2-3-5-12(11)14(16)18/h2-5,10,13,17,19H,6-9H2,1H3/t10-,13?,15+. The Bertz CT molecular complexity index is 502. The number of rotatable bonds is 1. The summed E-state index contributed by atoms with van der Waals surface area (Å²) in [4.78, 5) is 14.0. The molecule has 1 aromatic rings. The summed E-state index contributed by atoms with van der Waals surface area (Å²) in [6.45, 7) is 1.83. The number of aliphatic hydroxyl groups is 2. The summed E-state index contributed by atoms with van der Waals surface area (Å²) in [7, 11) is 0. The zero-order valence-corrected chi connectivity index (χ0v) is 11.0. The highest BCUT2D eigenvalue weighted by Gasteiger charge is 2.42. The molecular formula is C15H19NO3. The number of benzene rings is 1. The summed E-state index contributed by atoms with van der Waals surface area (Å²) in [5.41, 5.74) is 0.675. The van der Waals surface area contributed by atoms with Crippen LogP contribution in [0.5, 0.6) is 0 Å². The molecule has 0 saturated heterocycles. The van der Waals surface area contributed by atoms with E-state index in [1.807, 2.05) is 19.1 Å². The highest BCUT2D eigenvalue weighted by atomic mass is 16.3. The van der Waals surface area contributed by atoms with Crippen molar-refractivity contribution in [1.82, 2.24) is 4.90 Å². The summed E-state index contributed by atoms with van der Waals surface area (Å²) < 4.78 is 0. The monoisotopic (exact) mass is 261 g/mol. The van der Waals surface area contributed by atoms with Gasteiger partial charge in [0.15, 0.2) is 6.23 Å². The Labute approximate surface area is 112 Å². The Morgan fingerprint density at radius 3 is 2.53 bits per heavy atom. The average molecular weight is 261 g/mol. The van der Waals surface area contributed by atoms with Gasteiger partial charge in [-0.3, -0.25) is 4.79 Å². The first-order valence-corrected chi connectivity index (χ1v) is 6.82. The van der Waals surface area contributed by atoms with E-state index in [2.05, 4.69) is 0 Å². The zero-order valence-electron chi connectivity index (χ0n) is 11.0. The Morgan fingerprint density at radius 2 is 1.89 bits per heavy atom. The van der Waals surface area contributed by atoms with Gasteiger partial charge in [-0.1, -0.05) is 18.2 Å². The normalized spacial score (nSPS) is 34.5. The largest absolute Gasteiger partial charge is 0.390 e. The molecule has 1 saturated carbocycles. The molecule has 4 nitrogen and oxygen atoms in total. The predicted octanol–water partition coefficient (Wildman–Crippen LogP) is 1.83. The van der Waals surface area contributed by atoms with Crippen molar-refractivity contribution in [1.29, 1.82) is 0 Å². The van der Waals surface area contributed by atoms with Gasteiger partial charge in [0, 0.05) is 17.2 Å². The van der Waals surface area contributed by atoms with Gasteiger partial charge in [-0.05, 0) is 38.7 Å². The molecule has 1 unspecified atom stereocenters. The molecular weight excluding hydrogens is 242 g/mol. The molecule has 0 radical (unpaired) electrons. The van der Waals surface area contributed by atoms with Crippen LogP contribution in [0.4, 0.5) is 0 Å². The minimum Gasteiger partial charge on any atom is -0.390 e. The summed E-state index contributed by atoms with van der Waals surface area (Å²) in [5.74, 6) is -0.0883. The van der Waals surface area contributed by atoms with Crippen LogP contribution in [0.3, 0.4) is 0 Å². The predicted molar refractivity (Wildman–Crippen MR) is 70.5 cm³/mol.